The third-order valence-corrected chi connectivity index (χ3v) is 7.72. The molecule has 4 rings (SSSR count). The second kappa shape index (κ2) is 11.2. The number of hydrogen-bond acceptors (Lipinski definition) is 1. The highest BCUT2D eigenvalue weighted by Crippen LogP contribution is 2.26. The van der Waals surface area contributed by atoms with Crippen LogP contribution in [0.15, 0.2) is 54.7 Å². The van der Waals surface area contributed by atoms with Crippen LogP contribution in [-0.4, -0.2) is 20.6 Å². The van der Waals surface area contributed by atoms with Gasteiger partial charge >= 0.3 is 0 Å². The molecular formula is C30H39N3S. The van der Waals surface area contributed by atoms with E-state index in [1.54, 1.807) is 0 Å². The minimum absolute atomic E-state index is 0.485. The molecule has 34 heavy (non-hydrogen) atoms. The first kappa shape index (κ1) is 24.5. The highest BCUT2D eigenvalue weighted by molar-refractivity contribution is 7.80. The molecule has 0 aliphatic heterocycles. The Morgan fingerprint density at radius 2 is 1.68 bits per heavy atom. The fourth-order valence-electron chi connectivity index (χ4n) is 5.08. The van der Waals surface area contributed by atoms with E-state index < -0.39 is 0 Å². The average molecular weight is 474 g/mol. The third kappa shape index (κ3) is 6.09. The zero-order chi connectivity index (χ0) is 24.1. The lowest BCUT2D eigenvalue weighted by Crippen LogP contribution is -2.42. The summed E-state index contributed by atoms with van der Waals surface area (Å²) in [4.78, 5) is 2.46. The fourth-order valence-corrected chi connectivity index (χ4v) is 5.41. The van der Waals surface area contributed by atoms with Crippen LogP contribution in [0.2, 0.25) is 0 Å². The van der Waals surface area contributed by atoms with Gasteiger partial charge in [0.15, 0.2) is 5.11 Å². The van der Waals surface area contributed by atoms with Crippen molar-refractivity contribution in [3.05, 3.63) is 88.2 Å². The largest absolute Gasteiger partial charge is 0.345 e. The van der Waals surface area contributed by atoms with Crippen LogP contribution in [0, 0.1) is 27.7 Å². The Bertz CT molecular complexity index is 1120. The predicted molar refractivity (Wildman–Crippen MR) is 149 cm³/mol. The zero-order valence-electron chi connectivity index (χ0n) is 21.2. The topological polar surface area (TPSA) is 20.2 Å². The molecular weight excluding hydrogens is 434 g/mol. The second-order valence-electron chi connectivity index (χ2n) is 10.1. The summed E-state index contributed by atoms with van der Waals surface area (Å²) >= 11 is 6.05. The van der Waals surface area contributed by atoms with Crippen molar-refractivity contribution in [3.8, 4) is 0 Å². The summed E-state index contributed by atoms with van der Waals surface area (Å²) in [6.45, 7) is 10.4. The van der Waals surface area contributed by atoms with Crippen molar-refractivity contribution in [2.45, 2.75) is 85.4 Å². The molecule has 0 unspecified atom stereocenters. The number of nitrogens with one attached hydrogen (secondary N) is 1. The number of anilines is 1. The number of rotatable bonds is 6. The van der Waals surface area contributed by atoms with E-state index in [4.69, 9.17) is 12.2 Å². The van der Waals surface area contributed by atoms with Gasteiger partial charge in [0.05, 0.1) is 6.54 Å². The molecule has 3 aromatic rings. The molecule has 0 saturated heterocycles. The summed E-state index contributed by atoms with van der Waals surface area (Å²) in [5, 5.41) is 4.41. The second-order valence-corrected chi connectivity index (χ2v) is 10.4. The number of hydrogen-bond donors (Lipinski definition) is 1. The van der Waals surface area contributed by atoms with Crippen LogP contribution in [0.4, 0.5) is 5.69 Å². The van der Waals surface area contributed by atoms with Gasteiger partial charge in [0, 0.05) is 30.2 Å². The highest BCUT2D eigenvalue weighted by Gasteiger charge is 2.24. The summed E-state index contributed by atoms with van der Waals surface area (Å²) in [6, 6.07) is 18.2. The summed E-state index contributed by atoms with van der Waals surface area (Å²) < 4.78 is 2.39. The number of aromatic nitrogens is 1. The molecule has 3 nitrogen and oxygen atoms in total. The van der Waals surface area contributed by atoms with Crippen LogP contribution < -0.4 is 5.32 Å². The Balaban J connectivity index is 1.56. The first-order valence-corrected chi connectivity index (χ1v) is 13.2. The highest BCUT2D eigenvalue weighted by atomic mass is 32.1. The van der Waals surface area contributed by atoms with Gasteiger partial charge in [-0.25, -0.2) is 0 Å². The SMILES string of the molecule is Cc1ccc(Cn2cccc2CN(C(=S)Nc2ccc(C)c(C)c2)C2CCCCCC2)c(C)c1. The van der Waals surface area contributed by atoms with Crippen LogP contribution >= 0.6 is 12.2 Å². The van der Waals surface area contributed by atoms with E-state index in [-0.39, 0.29) is 0 Å². The van der Waals surface area contributed by atoms with E-state index in [2.05, 4.69) is 97.2 Å². The van der Waals surface area contributed by atoms with Gasteiger partial charge in [-0.2, -0.15) is 0 Å². The molecule has 1 heterocycles. The molecule has 0 spiro atoms. The standard InChI is InChI=1S/C30H39N3S/c1-22-13-15-26(25(4)18-22)20-32-17-9-12-29(32)21-33(28-10-7-5-6-8-11-28)30(34)31-27-16-14-23(2)24(3)19-27/h9,12-19,28H,5-8,10-11,20-21H2,1-4H3,(H,31,34). The first-order valence-electron chi connectivity index (χ1n) is 12.8. The third-order valence-electron chi connectivity index (χ3n) is 7.38. The van der Waals surface area contributed by atoms with Crippen LogP contribution in [-0.2, 0) is 13.1 Å². The molecule has 4 heteroatoms. The van der Waals surface area contributed by atoms with Crippen LogP contribution in [0.1, 0.15) is 72.0 Å². The van der Waals surface area contributed by atoms with Gasteiger partial charge in [0.2, 0.25) is 0 Å². The molecule has 180 valence electrons. The Hall–Kier alpha value is -2.59. The molecule has 1 saturated carbocycles. The van der Waals surface area contributed by atoms with Crippen LogP contribution in [0.5, 0.6) is 0 Å². The van der Waals surface area contributed by atoms with Gasteiger partial charge in [0.25, 0.3) is 0 Å². The monoisotopic (exact) mass is 473 g/mol. The maximum Gasteiger partial charge on any atom is 0.174 e. The van der Waals surface area contributed by atoms with E-state index >= 15 is 0 Å². The molecule has 1 N–H and O–H groups in total. The summed E-state index contributed by atoms with van der Waals surface area (Å²) in [5.41, 5.74) is 9.03. The van der Waals surface area contributed by atoms with E-state index in [1.807, 2.05) is 0 Å². The summed E-state index contributed by atoms with van der Waals surface area (Å²) in [5.74, 6) is 0. The minimum Gasteiger partial charge on any atom is -0.345 e. The van der Waals surface area contributed by atoms with Gasteiger partial charge in [-0.15, -0.1) is 0 Å². The fraction of sp³-hybridized carbons (Fsp3) is 0.433. The molecule has 1 aliphatic rings. The van der Waals surface area contributed by atoms with Gasteiger partial charge in [-0.1, -0.05) is 55.5 Å². The lowest BCUT2D eigenvalue weighted by Gasteiger charge is -2.34. The molecule has 0 bridgehead atoms. The molecule has 2 aromatic carbocycles. The van der Waals surface area contributed by atoms with E-state index in [0.29, 0.717) is 6.04 Å². The van der Waals surface area contributed by atoms with Gasteiger partial charge in [-0.3, -0.25) is 0 Å². The Labute approximate surface area is 211 Å². The quantitative estimate of drug-likeness (QED) is 0.293. The van der Waals surface area contributed by atoms with E-state index in [0.717, 1.165) is 23.9 Å². The van der Waals surface area contributed by atoms with Crippen LogP contribution in [0.25, 0.3) is 0 Å². The summed E-state index contributed by atoms with van der Waals surface area (Å²) in [7, 11) is 0. The van der Waals surface area contributed by atoms with Crippen molar-refractivity contribution in [1.29, 1.82) is 0 Å². The van der Waals surface area contributed by atoms with Crippen molar-refractivity contribution >= 4 is 23.0 Å². The van der Waals surface area contributed by atoms with E-state index in [1.165, 1.54) is 72.0 Å². The zero-order valence-corrected chi connectivity index (χ0v) is 22.0. The number of aryl methyl sites for hydroxylation is 4. The molecule has 1 aromatic heterocycles. The maximum atomic E-state index is 6.05. The lowest BCUT2D eigenvalue weighted by molar-refractivity contribution is 0.274. The minimum atomic E-state index is 0.485. The molecule has 0 radical (unpaired) electrons. The van der Waals surface area contributed by atoms with E-state index in [9.17, 15) is 0 Å². The number of thiocarbonyl (C=S) groups is 1. The van der Waals surface area contributed by atoms with Crippen molar-refractivity contribution in [2.75, 3.05) is 5.32 Å². The van der Waals surface area contributed by atoms with Crippen molar-refractivity contribution < 1.29 is 0 Å². The Morgan fingerprint density at radius 1 is 0.912 bits per heavy atom. The Kier molecular flexibility index (Phi) is 8.10. The number of nitrogens with zero attached hydrogens (tertiary/aromatic N) is 2. The normalized spacial score (nSPS) is 14.6. The predicted octanol–water partition coefficient (Wildman–Crippen LogP) is 7.69. The lowest BCUT2D eigenvalue weighted by atomic mass is 10.1. The van der Waals surface area contributed by atoms with Crippen molar-refractivity contribution in [1.82, 2.24) is 9.47 Å². The van der Waals surface area contributed by atoms with Crippen molar-refractivity contribution in [3.63, 3.8) is 0 Å². The Morgan fingerprint density at radius 3 is 2.38 bits per heavy atom. The smallest absolute Gasteiger partial charge is 0.174 e. The molecule has 1 aliphatic carbocycles. The average Bonchev–Trinajstić information content (AvgIpc) is 3.06. The molecule has 1 fully saturated rings. The molecule has 0 atom stereocenters. The van der Waals surface area contributed by atoms with Gasteiger partial charge in [0.1, 0.15) is 0 Å². The number of benzene rings is 2. The summed E-state index contributed by atoms with van der Waals surface area (Å²) in [6.07, 6.45) is 9.89. The van der Waals surface area contributed by atoms with Gasteiger partial charge < -0.3 is 14.8 Å². The first-order chi connectivity index (χ1) is 16.4. The maximum absolute atomic E-state index is 6.05. The van der Waals surface area contributed by atoms with Crippen LogP contribution in [0.3, 0.4) is 0 Å². The van der Waals surface area contributed by atoms with Gasteiger partial charge in [-0.05, 0) is 99.3 Å². The van der Waals surface area contributed by atoms with Crippen molar-refractivity contribution in [2.24, 2.45) is 0 Å². The molecule has 0 amide bonds.